The maximum absolute atomic E-state index is 13.9. The summed E-state index contributed by atoms with van der Waals surface area (Å²) in [5.41, 5.74) is 5.49. The molecule has 0 unspecified atom stereocenters. The number of nitrogens with one attached hydrogen (secondary N) is 1. The molecule has 3 aromatic carbocycles. The Bertz CT molecular complexity index is 1130. The summed E-state index contributed by atoms with van der Waals surface area (Å²) in [5.74, 6) is 4.96. The van der Waals surface area contributed by atoms with Crippen LogP contribution in [0.3, 0.4) is 0 Å². The first-order valence-corrected chi connectivity index (χ1v) is 9.95. The highest BCUT2D eigenvalue weighted by Crippen LogP contribution is 2.44. The zero-order valence-corrected chi connectivity index (χ0v) is 17.1. The molecule has 1 N–H and O–H groups in total. The first-order valence-electron chi connectivity index (χ1n) is 9.58. The van der Waals surface area contributed by atoms with Crippen molar-refractivity contribution in [1.29, 1.82) is 0 Å². The molecular weight excluding hydrogens is 401 g/mol. The van der Waals surface area contributed by atoms with Crippen LogP contribution in [0.2, 0.25) is 5.02 Å². The molecule has 5 heteroatoms. The third-order valence-electron chi connectivity index (χ3n) is 5.14. The van der Waals surface area contributed by atoms with Crippen molar-refractivity contribution in [3.63, 3.8) is 0 Å². The molecule has 0 heterocycles. The van der Waals surface area contributed by atoms with Crippen molar-refractivity contribution in [2.45, 2.75) is 12.8 Å². The van der Waals surface area contributed by atoms with Gasteiger partial charge in [0.2, 0.25) is 0 Å². The van der Waals surface area contributed by atoms with Gasteiger partial charge in [-0.3, -0.25) is 0 Å². The molecule has 0 aliphatic heterocycles. The number of fused-ring (bicyclic) bond motifs is 3. The van der Waals surface area contributed by atoms with Gasteiger partial charge in [-0.1, -0.05) is 72.0 Å². The van der Waals surface area contributed by atoms with Crippen LogP contribution in [-0.2, 0) is 4.74 Å². The van der Waals surface area contributed by atoms with Crippen molar-refractivity contribution in [2.75, 3.05) is 13.2 Å². The summed E-state index contributed by atoms with van der Waals surface area (Å²) in [7, 11) is 0. The van der Waals surface area contributed by atoms with Crippen molar-refractivity contribution in [3.8, 4) is 23.0 Å². The lowest BCUT2D eigenvalue weighted by Crippen LogP contribution is -2.26. The average Bonchev–Trinajstić information content (AvgIpc) is 3.07. The summed E-state index contributed by atoms with van der Waals surface area (Å²) in [6.45, 7) is 2.00. The number of carbonyl (C=O) groups is 1. The van der Waals surface area contributed by atoms with Gasteiger partial charge in [0.05, 0.1) is 12.1 Å². The Morgan fingerprint density at radius 1 is 1.10 bits per heavy atom. The van der Waals surface area contributed by atoms with Crippen LogP contribution in [0.4, 0.5) is 9.18 Å². The summed E-state index contributed by atoms with van der Waals surface area (Å²) in [4.78, 5) is 12.1. The number of alkyl carbamates (subject to hydrolysis) is 1. The first-order chi connectivity index (χ1) is 14.5. The standard InChI is InChI=1S/C25H19ClFNO2/c1-16-13-24(27)17(14-23(16)26)7-6-12-28-25(29)30-15-22-20-10-4-2-8-18(20)19-9-3-5-11-21(19)22/h2-5,8-11,13-14,22H,12,15H2,1H3,(H,28,29). The Kier molecular flexibility index (Phi) is 5.74. The molecule has 0 saturated heterocycles. The first kappa shape index (κ1) is 20.0. The lowest BCUT2D eigenvalue weighted by Gasteiger charge is -2.14. The fraction of sp³-hybridized carbons (Fsp3) is 0.160. The van der Waals surface area contributed by atoms with E-state index in [2.05, 4.69) is 41.4 Å². The van der Waals surface area contributed by atoms with Crippen LogP contribution >= 0.6 is 11.6 Å². The Balaban J connectivity index is 1.36. The highest BCUT2D eigenvalue weighted by molar-refractivity contribution is 6.31. The van der Waals surface area contributed by atoms with Gasteiger partial charge in [-0.05, 0) is 46.9 Å². The minimum atomic E-state index is -0.562. The smallest absolute Gasteiger partial charge is 0.407 e. The van der Waals surface area contributed by atoms with Crippen LogP contribution < -0.4 is 5.32 Å². The lowest BCUT2D eigenvalue weighted by atomic mass is 9.98. The van der Waals surface area contributed by atoms with E-state index < -0.39 is 11.9 Å². The number of hydrogen-bond acceptors (Lipinski definition) is 2. The number of halogens is 2. The second-order valence-electron chi connectivity index (χ2n) is 7.06. The number of amides is 1. The molecule has 1 amide bonds. The molecule has 150 valence electrons. The number of hydrogen-bond donors (Lipinski definition) is 1. The van der Waals surface area contributed by atoms with Gasteiger partial charge in [0.15, 0.2) is 0 Å². The largest absolute Gasteiger partial charge is 0.449 e. The topological polar surface area (TPSA) is 38.3 Å². The molecule has 3 aromatic rings. The van der Waals surface area contributed by atoms with Gasteiger partial charge in [-0.2, -0.15) is 0 Å². The van der Waals surface area contributed by atoms with Crippen molar-refractivity contribution >= 4 is 17.7 Å². The van der Waals surface area contributed by atoms with Crippen molar-refractivity contribution in [3.05, 3.63) is 93.8 Å². The fourth-order valence-electron chi connectivity index (χ4n) is 3.65. The van der Waals surface area contributed by atoms with Gasteiger partial charge >= 0.3 is 6.09 Å². The van der Waals surface area contributed by atoms with E-state index in [1.807, 2.05) is 24.3 Å². The van der Waals surface area contributed by atoms with E-state index in [0.29, 0.717) is 10.6 Å². The van der Waals surface area contributed by atoms with Crippen LogP contribution in [0.5, 0.6) is 0 Å². The molecular formula is C25H19ClFNO2. The van der Waals surface area contributed by atoms with E-state index in [4.69, 9.17) is 16.3 Å². The predicted molar refractivity (Wildman–Crippen MR) is 116 cm³/mol. The molecule has 0 spiro atoms. The zero-order valence-electron chi connectivity index (χ0n) is 16.3. The Labute approximate surface area is 179 Å². The molecule has 1 aliphatic rings. The molecule has 0 atom stereocenters. The monoisotopic (exact) mass is 419 g/mol. The van der Waals surface area contributed by atoms with Gasteiger partial charge in [-0.25, -0.2) is 9.18 Å². The normalized spacial score (nSPS) is 11.8. The van der Waals surface area contributed by atoms with E-state index in [1.54, 1.807) is 6.92 Å². The summed E-state index contributed by atoms with van der Waals surface area (Å²) in [6.07, 6.45) is -0.562. The minimum absolute atomic E-state index is 0.00182. The number of aryl methyl sites for hydroxylation is 1. The Hall–Kier alpha value is -3.29. The number of benzene rings is 3. The minimum Gasteiger partial charge on any atom is -0.449 e. The lowest BCUT2D eigenvalue weighted by molar-refractivity contribution is 0.144. The molecule has 0 bridgehead atoms. The molecule has 0 radical (unpaired) electrons. The molecule has 0 fully saturated rings. The zero-order chi connectivity index (χ0) is 21.1. The van der Waals surface area contributed by atoms with Gasteiger partial charge < -0.3 is 10.1 Å². The SMILES string of the molecule is Cc1cc(F)c(C#CCNC(=O)OCC2c3ccccc3-c3ccccc32)cc1Cl. The van der Waals surface area contributed by atoms with Crippen LogP contribution in [0, 0.1) is 24.6 Å². The second-order valence-corrected chi connectivity index (χ2v) is 7.47. The van der Waals surface area contributed by atoms with Gasteiger partial charge in [0, 0.05) is 10.9 Å². The molecule has 3 nitrogen and oxygen atoms in total. The summed E-state index contributed by atoms with van der Waals surface area (Å²) in [6, 6.07) is 19.1. The third kappa shape index (κ3) is 4.03. The quantitative estimate of drug-likeness (QED) is 0.555. The number of ether oxygens (including phenoxy) is 1. The van der Waals surface area contributed by atoms with Gasteiger partial charge in [0.25, 0.3) is 0 Å². The number of rotatable bonds is 3. The van der Waals surface area contributed by atoms with Crippen molar-refractivity contribution < 1.29 is 13.9 Å². The molecule has 4 rings (SSSR count). The highest BCUT2D eigenvalue weighted by atomic mass is 35.5. The fourth-order valence-corrected chi connectivity index (χ4v) is 3.81. The van der Waals surface area contributed by atoms with E-state index in [-0.39, 0.29) is 24.6 Å². The van der Waals surface area contributed by atoms with E-state index in [1.165, 1.54) is 23.3 Å². The molecule has 1 aliphatic carbocycles. The van der Waals surface area contributed by atoms with Gasteiger partial charge in [-0.15, -0.1) is 0 Å². The van der Waals surface area contributed by atoms with Crippen molar-refractivity contribution in [2.24, 2.45) is 0 Å². The maximum atomic E-state index is 13.9. The third-order valence-corrected chi connectivity index (χ3v) is 5.54. The van der Waals surface area contributed by atoms with Crippen LogP contribution in [0.15, 0.2) is 60.7 Å². The summed E-state index contributed by atoms with van der Waals surface area (Å²) >= 11 is 6.00. The van der Waals surface area contributed by atoms with Gasteiger partial charge in [0.1, 0.15) is 12.4 Å². The molecule has 30 heavy (non-hydrogen) atoms. The molecule has 0 aromatic heterocycles. The average molecular weight is 420 g/mol. The van der Waals surface area contributed by atoms with Crippen LogP contribution in [0.1, 0.15) is 28.2 Å². The van der Waals surface area contributed by atoms with E-state index in [0.717, 1.165) is 11.1 Å². The predicted octanol–water partition coefficient (Wildman–Crippen LogP) is 5.68. The summed E-state index contributed by atoms with van der Waals surface area (Å²) in [5, 5.41) is 3.03. The second kappa shape index (κ2) is 8.61. The molecule has 0 saturated carbocycles. The summed E-state index contributed by atoms with van der Waals surface area (Å²) < 4.78 is 19.3. The van der Waals surface area contributed by atoms with E-state index in [9.17, 15) is 9.18 Å². The highest BCUT2D eigenvalue weighted by Gasteiger charge is 2.28. The maximum Gasteiger partial charge on any atom is 0.407 e. The van der Waals surface area contributed by atoms with Crippen LogP contribution in [-0.4, -0.2) is 19.2 Å². The Morgan fingerprint density at radius 2 is 1.73 bits per heavy atom. The number of carbonyl (C=O) groups excluding carboxylic acids is 1. The van der Waals surface area contributed by atoms with Crippen molar-refractivity contribution in [1.82, 2.24) is 5.32 Å². The van der Waals surface area contributed by atoms with Crippen LogP contribution in [0.25, 0.3) is 11.1 Å². The Morgan fingerprint density at radius 3 is 2.40 bits per heavy atom. The van der Waals surface area contributed by atoms with E-state index >= 15 is 0 Å².